The van der Waals surface area contributed by atoms with Crippen LogP contribution in [0.4, 0.5) is 11.4 Å². The van der Waals surface area contributed by atoms with Crippen LogP contribution in [0.1, 0.15) is 26.6 Å². The minimum absolute atomic E-state index is 0.0882. The van der Waals surface area contributed by atoms with Crippen molar-refractivity contribution in [1.82, 2.24) is 9.36 Å². The van der Waals surface area contributed by atoms with Crippen molar-refractivity contribution in [1.29, 1.82) is 0 Å². The van der Waals surface area contributed by atoms with Crippen LogP contribution >= 0.6 is 11.5 Å². The van der Waals surface area contributed by atoms with Gasteiger partial charge in [-0.1, -0.05) is 20.8 Å². The molecular weight excluding hydrogens is 272 g/mol. The van der Waals surface area contributed by atoms with Gasteiger partial charge in [0.2, 0.25) is 0 Å². The number of benzene rings is 1. The molecule has 0 aliphatic carbocycles. The fraction of sp³-hybridized carbons (Fsp3) is 0.429. The lowest BCUT2D eigenvalue weighted by molar-refractivity contribution is 0.470. The van der Waals surface area contributed by atoms with Gasteiger partial charge in [0.25, 0.3) is 5.19 Å². The molecule has 0 fully saturated rings. The number of nitrogen functional groups attached to an aromatic ring is 1. The van der Waals surface area contributed by atoms with Gasteiger partial charge < -0.3 is 15.4 Å². The fourth-order valence-corrected chi connectivity index (χ4v) is 2.27. The second kappa shape index (κ2) is 5.28. The first-order chi connectivity index (χ1) is 9.27. The molecule has 2 N–H and O–H groups in total. The van der Waals surface area contributed by atoms with E-state index in [9.17, 15) is 0 Å². The first-order valence-electron chi connectivity index (χ1n) is 6.36. The predicted molar refractivity (Wildman–Crippen MR) is 83.9 cm³/mol. The van der Waals surface area contributed by atoms with Crippen LogP contribution in [0, 0.1) is 0 Å². The molecule has 0 saturated heterocycles. The van der Waals surface area contributed by atoms with Crippen LogP contribution in [-0.2, 0) is 5.41 Å². The second-order valence-corrected chi connectivity index (χ2v) is 6.57. The van der Waals surface area contributed by atoms with Crippen molar-refractivity contribution in [3.05, 3.63) is 24.0 Å². The van der Waals surface area contributed by atoms with Crippen molar-refractivity contribution in [3.8, 4) is 10.9 Å². The Kier molecular flexibility index (Phi) is 3.85. The third kappa shape index (κ3) is 3.19. The Morgan fingerprint density at radius 3 is 2.50 bits per heavy atom. The summed E-state index contributed by atoms with van der Waals surface area (Å²) in [4.78, 5) is 6.40. The highest BCUT2D eigenvalue weighted by Gasteiger charge is 2.20. The zero-order valence-electron chi connectivity index (χ0n) is 12.5. The van der Waals surface area contributed by atoms with Gasteiger partial charge >= 0.3 is 0 Å². The molecule has 108 valence electrons. The number of ether oxygens (including phenoxy) is 1. The Balaban J connectivity index is 2.26. The highest BCUT2D eigenvalue weighted by molar-refractivity contribution is 7.07. The molecular formula is C14H20N4OS. The van der Waals surface area contributed by atoms with E-state index < -0.39 is 0 Å². The molecule has 2 rings (SSSR count). The quantitative estimate of drug-likeness (QED) is 0.880. The van der Waals surface area contributed by atoms with Gasteiger partial charge in [-0.2, -0.15) is 9.36 Å². The van der Waals surface area contributed by atoms with Crippen LogP contribution in [0.3, 0.4) is 0 Å². The number of nitrogens with two attached hydrogens (primary N) is 1. The van der Waals surface area contributed by atoms with Gasteiger partial charge in [-0.05, 0) is 12.1 Å². The molecule has 0 radical (unpaired) electrons. The molecule has 0 aliphatic rings. The predicted octanol–water partition coefficient (Wildman–Crippen LogP) is 3.28. The average Bonchev–Trinajstić information content (AvgIpc) is 2.80. The van der Waals surface area contributed by atoms with E-state index in [2.05, 4.69) is 30.1 Å². The Labute approximate surface area is 123 Å². The van der Waals surface area contributed by atoms with Crippen molar-refractivity contribution in [2.24, 2.45) is 0 Å². The lowest BCUT2D eigenvalue weighted by atomic mass is 9.96. The third-order valence-electron chi connectivity index (χ3n) is 2.79. The highest BCUT2D eigenvalue weighted by Crippen LogP contribution is 2.33. The van der Waals surface area contributed by atoms with E-state index in [0.29, 0.717) is 16.6 Å². The Morgan fingerprint density at radius 2 is 1.95 bits per heavy atom. The standard InChI is InChI=1S/C14H20N4OS/c1-14(2,3)12-16-13(20-17-12)19-11-8-9(18(4)5)6-7-10(11)15/h6-8H,15H2,1-5H3. The second-order valence-electron chi connectivity index (χ2n) is 5.85. The van der Waals surface area contributed by atoms with Gasteiger partial charge in [-0.15, -0.1) is 0 Å². The molecule has 5 nitrogen and oxygen atoms in total. The number of nitrogens with zero attached hydrogens (tertiary/aromatic N) is 3. The van der Waals surface area contributed by atoms with Gasteiger partial charge in [0.05, 0.1) is 5.69 Å². The van der Waals surface area contributed by atoms with Crippen LogP contribution < -0.4 is 15.4 Å². The lowest BCUT2D eigenvalue weighted by Crippen LogP contribution is -2.13. The summed E-state index contributed by atoms with van der Waals surface area (Å²) in [6.45, 7) is 6.21. The van der Waals surface area contributed by atoms with E-state index in [0.717, 1.165) is 11.5 Å². The molecule has 0 aliphatic heterocycles. The lowest BCUT2D eigenvalue weighted by Gasteiger charge is -2.14. The summed E-state index contributed by atoms with van der Waals surface area (Å²) in [5.41, 5.74) is 7.46. The maximum atomic E-state index is 5.94. The van der Waals surface area contributed by atoms with Gasteiger partial charge in [-0.25, -0.2) is 0 Å². The smallest absolute Gasteiger partial charge is 0.298 e. The molecule has 0 atom stereocenters. The third-order valence-corrected chi connectivity index (χ3v) is 3.38. The van der Waals surface area contributed by atoms with E-state index in [1.807, 2.05) is 37.2 Å². The van der Waals surface area contributed by atoms with E-state index in [1.165, 1.54) is 11.5 Å². The summed E-state index contributed by atoms with van der Waals surface area (Å²) >= 11 is 1.24. The Morgan fingerprint density at radius 1 is 1.25 bits per heavy atom. The zero-order valence-corrected chi connectivity index (χ0v) is 13.3. The van der Waals surface area contributed by atoms with Crippen molar-refractivity contribution >= 4 is 22.9 Å². The molecule has 6 heteroatoms. The minimum Gasteiger partial charge on any atom is -0.428 e. The molecule has 0 unspecified atom stereocenters. The summed E-state index contributed by atoms with van der Waals surface area (Å²) < 4.78 is 10.1. The van der Waals surface area contributed by atoms with Gasteiger partial charge in [-0.3, -0.25) is 0 Å². The topological polar surface area (TPSA) is 64.3 Å². The van der Waals surface area contributed by atoms with E-state index >= 15 is 0 Å². The van der Waals surface area contributed by atoms with E-state index in [-0.39, 0.29) is 5.41 Å². The van der Waals surface area contributed by atoms with Crippen LogP contribution in [0.25, 0.3) is 0 Å². The molecule has 0 spiro atoms. The summed E-state index contributed by atoms with van der Waals surface area (Å²) in [6, 6.07) is 5.67. The maximum absolute atomic E-state index is 5.94. The maximum Gasteiger partial charge on any atom is 0.298 e. The summed E-state index contributed by atoms with van der Waals surface area (Å²) in [5, 5.41) is 0.512. The molecule has 20 heavy (non-hydrogen) atoms. The first kappa shape index (κ1) is 14.6. The summed E-state index contributed by atoms with van der Waals surface area (Å²) in [6.07, 6.45) is 0. The van der Waals surface area contributed by atoms with Crippen LogP contribution in [0.15, 0.2) is 18.2 Å². The van der Waals surface area contributed by atoms with Crippen LogP contribution in [-0.4, -0.2) is 23.5 Å². The normalized spacial score (nSPS) is 11.4. The average molecular weight is 292 g/mol. The van der Waals surface area contributed by atoms with Gasteiger partial charge in [0.15, 0.2) is 11.6 Å². The number of hydrogen-bond acceptors (Lipinski definition) is 6. The molecule has 1 heterocycles. The molecule has 0 saturated carbocycles. The first-order valence-corrected chi connectivity index (χ1v) is 7.13. The van der Waals surface area contributed by atoms with E-state index in [1.54, 1.807) is 0 Å². The van der Waals surface area contributed by atoms with Crippen molar-refractivity contribution in [2.75, 3.05) is 24.7 Å². The number of aromatic nitrogens is 2. The number of anilines is 2. The molecule has 1 aromatic carbocycles. The van der Waals surface area contributed by atoms with Gasteiger partial charge in [0.1, 0.15) is 0 Å². The van der Waals surface area contributed by atoms with Gasteiger partial charge in [0, 0.05) is 42.8 Å². The van der Waals surface area contributed by atoms with E-state index in [4.69, 9.17) is 10.5 Å². The monoisotopic (exact) mass is 292 g/mol. The molecule has 2 aromatic rings. The Hall–Kier alpha value is -1.82. The number of rotatable bonds is 3. The summed E-state index contributed by atoms with van der Waals surface area (Å²) in [5.74, 6) is 1.38. The SMILES string of the molecule is CN(C)c1ccc(N)c(Oc2nc(C(C)(C)C)ns2)c1. The highest BCUT2D eigenvalue weighted by atomic mass is 32.1. The molecule has 1 aromatic heterocycles. The van der Waals surface area contributed by atoms with Crippen molar-refractivity contribution < 1.29 is 4.74 Å². The van der Waals surface area contributed by atoms with Crippen LogP contribution in [0.2, 0.25) is 0 Å². The largest absolute Gasteiger partial charge is 0.428 e. The Bertz CT molecular complexity index is 601. The van der Waals surface area contributed by atoms with Crippen molar-refractivity contribution in [2.45, 2.75) is 26.2 Å². The van der Waals surface area contributed by atoms with Crippen LogP contribution in [0.5, 0.6) is 10.9 Å². The minimum atomic E-state index is -0.0882. The summed E-state index contributed by atoms with van der Waals surface area (Å²) in [7, 11) is 3.94. The zero-order chi connectivity index (χ0) is 14.9. The number of hydrogen-bond donors (Lipinski definition) is 1. The molecule has 0 amide bonds. The molecule has 0 bridgehead atoms. The van der Waals surface area contributed by atoms with Crippen molar-refractivity contribution in [3.63, 3.8) is 0 Å². The fourth-order valence-electron chi connectivity index (χ4n) is 1.54.